The molecule has 1 aromatic rings. The van der Waals surface area contributed by atoms with Crippen LogP contribution in [0.4, 0.5) is 0 Å². The van der Waals surface area contributed by atoms with Gasteiger partial charge in [0.2, 0.25) is 11.8 Å². The lowest BCUT2D eigenvalue weighted by Gasteiger charge is -2.26. The smallest absolute Gasteiger partial charge is 0.228 e. The van der Waals surface area contributed by atoms with Crippen molar-refractivity contribution in [1.82, 2.24) is 9.80 Å². The first-order valence-corrected chi connectivity index (χ1v) is 8.01. The minimum atomic E-state index is -0.205. The summed E-state index contributed by atoms with van der Waals surface area (Å²) in [6, 6.07) is 10.1. The number of nitrogens with zero attached hydrogens (tertiary/aromatic N) is 2. The third-order valence-electron chi connectivity index (χ3n) is 4.71. The van der Waals surface area contributed by atoms with Crippen LogP contribution in [0, 0.1) is 5.92 Å². The van der Waals surface area contributed by atoms with Crippen molar-refractivity contribution in [2.45, 2.75) is 31.8 Å². The van der Waals surface area contributed by atoms with E-state index in [4.69, 9.17) is 5.73 Å². The van der Waals surface area contributed by atoms with Crippen LogP contribution in [0.5, 0.6) is 0 Å². The number of nitrogens with two attached hydrogens (primary N) is 1. The summed E-state index contributed by atoms with van der Waals surface area (Å²) in [5.74, 6) is -0.0223. The van der Waals surface area contributed by atoms with Crippen molar-refractivity contribution < 1.29 is 9.59 Å². The van der Waals surface area contributed by atoms with Crippen LogP contribution in [0.25, 0.3) is 0 Å². The molecule has 22 heavy (non-hydrogen) atoms. The molecule has 0 aliphatic carbocycles. The van der Waals surface area contributed by atoms with Crippen LogP contribution in [-0.2, 0) is 16.1 Å². The highest BCUT2D eigenvalue weighted by atomic mass is 16.2. The van der Waals surface area contributed by atoms with Crippen molar-refractivity contribution in [3.8, 4) is 0 Å². The van der Waals surface area contributed by atoms with Gasteiger partial charge < -0.3 is 15.5 Å². The fraction of sp³-hybridized carbons (Fsp3) is 0.529. The zero-order valence-corrected chi connectivity index (χ0v) is 12.8. The molecule has 0 bridgehead atoms. The Morgan fingerprint density at radius 1 is 1.27 bits per heavy atom. The molecule has 2 N–H and O–H groups in total. The number of hydrogen-bond donors (Lipinski definition) is 1. The molecule has 2 saturated heterocycles. The van der Waals surface area contributed by atoms with E-state index in [0.29, 0.717) is 26.1 Å². The first kappa shape index (κ1) is 15.0. The van der Waals surface area contributed by atoms with E-state index in [-0.39, 0.29) is 23.8 Å². The number of likely N-dealkylation sites (tertiary alicyclic amines) is 2. The summed E-state index contributed by atoms with van der Waals surface area (Å²) in [7, 11) is 0. The Kier molecular flexibility index (Phi) is 4.43. The molecule has 0 aromatic heterocycles. The molecule has 2 atom stereocenters. The van der Waals surface area contributed by atoms with Gasteiger partial charge in [0.1, 0.15) is 0 Å². The molecule has 1 aromatic carbocycles. The van der Waals surface area contributed by atoms with E-state index in [0.717, 1.165) is 24.9 Å². The average molecular weight is 301 g/mol. The minimum Gasteiger partial charge on any atom is -0.338 e. The molecule has 2 aliphatic heterocycles. The molecule has 2 aliphatic rings. The van der Waals surface area contributed by atoms with E-state index in [1.165, 1.54) is 0 Å². The Morgan fingerprint density at radius 2 is 2.05 bits per heavy atom. The predicted molar refractivity (Wildman–Crippen MR) is 83.8 cm³/mol. The van der Waals surface area contributed by atoms with Crippen molar-refractivity contribution in [3.63, 3.8) is 0 Å². The van der Waals surface area contributed by atoms with Gasteiger partial charge in [-0.2, -0.15) is 0 Å². The van der Waals surface area contributed by atoms with Crippen LogP contribution in [-0.4, -0.2) is 47.3 Å². The van der Waals surface area contributed by atoms with Crippen molar-refractivity contribution in [2.75, 3.05) is 19.6 Å². The first-order chi connectivity index (χ1) is 10.7. The molecule has 2 fully saturated rings. The lowest BCUT2D eigenvalue weighted by atomic mass is 10.1. The van der Waals surface area contributed by atoms with E-state index in [9.17, 15) is 9.59 Å². The Labute approximate surface area is 131 Å². The van der Waals surface area contributed by atoms with Crippen molar-refractivity contribution in [1.29, 1.82) is 0 Å². The molecular formula is C17H23N3O2. The molecular weight excluding hydrogens is 278 g/mol. The Hall–Kier alpha value is -1.88. The lowest BCUT2D eigenvalue weighted by molar-refractivity contribution is -0.136. The third-order valence-corrected chi connectivity index (χ3v) is 4.71. The highest BCUT2D eigenvalue weighted by Crippen LogP contribution is 2.26. The fourth-order valence-electron chi connectivity index (χ4n) is 3.50. The maximum absolute atomic E-state index is 12.7. The van der Waals surface area contributed by atoms with Crippen molar-refractivity contribution >= 4 is 11.8 Å². The van der Waals surface area contributed by atoms with Gasteiger partial charge in [-0.3, -0.25) is 9.59 Å². The molecule has 2 amide bonds. The van der Waals surface area contributed by atoms with Gasteiger partial charge in [0.05, 0.1) is 5.92 Å². The van der Waals surface area contributed by atoms with Gasteiger partial charge >= 0.3 is 0 Å². The summed E-state index contributed by atoms with van der Waals surface area (Å²) in [4.78, 5) is 28.5. The number of hydrogen-bond acceptors (Lipinski definition) is 3. The molecule has 118 valence electrons. The van der Waals surface area contributed by atoms with E-state index in [1.54, 1.807) is 4.90 Å². The molecule has 2 heterocycles. The molecule has 5 nitrogen and oxygen atoms in total. The van der Waals surface area contributed by atoms with Gasteiger partial charge in [-0.25, -0.2) is 0 Å². The Morgan fingerprint density at radius 3 is 2.77 bits per heavy atom. The summed E-state index contributed by atoms with van der Waals surface area (Å²) >= 11 is 0. The quantitative estimate of drug-likeness (QED) is 0.901. The van der Waals surface area contributed by atoms with Crippen LogP contribution < -0.4 is 5.73 Å². The summed E-state index contributed by atoms with van der Waals surface area (Å²) in [6.07, 6.45) is 2.33. The summed E-state index contributed by atoms with van der Waals surface area (Å²) in [5, 5.41) is 0. The van der Waals surface area contributed by atoms with Crippen LogP contribution in [0.2, 0.25) is 0 Å². The van der Waals surface area contributed by atoms with Gasteiger partial charge in [0, 0.05) is 38.6 Å². The second-order valence-electron chi connectivity index (χ2n) is 6.22. The van der Waals surface area contributed by atoms with Crippen LogP contribution in [0.3, 0.4) is 0 Å². The number of benzene rings is 1. The van der Waals surface area contributed by atoms with Gasteiger partial charge in [-0.15, -0.1) is 0 Å². The Balaban J connectivity index is 1.63. The third kappa shape index (κ3) is 2.99. The summed E-state index contributed by atoms with van der Waals surface area (Å²) < 4.78 is 0. The highest BCUT2D eigenvalue weighted by Gasteiger charge is 2.39. The maximum atomic E-state index is 12.7. The van der Waals surface area contributed by atoms with Gasteiger partial charge in [0.25, 0.3) is 0 Å². The molecule has 3 rings (SSSR count). The van der Waals surface area contributed by atoms with Crippen molar-refractivity contribution in [2.24, 2.45) is 11.7 Å². The molecule has 0 spiro atoms. The topological polar surface area (TPSA) is 66.6 Å². The normalized spacial score (nSPS) is 25.0. The van der Waals surface area contributed by atoms with Crippen molar-refractivity contribution in [3.05, 3.63) is 35.9 Å². The molecule has 2 unspecified atom stereocenters. The van der Waals surface area contributed by atoms with Crippen LogP contribution in [0.15, 0.2) is 30.3 Å². The SMILES string of the molecule is NCC1CCCN1C(=O)C1CC(=O)N(Cc2ccccc2)C1. The monoisotopic (exact) mass is 301 g/mol. The Bertz CT molecular complexity index is 546. The van der Waals surface area contributed by atoms with E-state index in [1.807, 2.05) is 35.2 Å². The lowest BCUT2D eigenvalue weighted by Crippen LogP contribution is -2.43. The molecule has 5 heteroatoms. The standard InChI is InChI=1S/C17H23N3O2/c18-10-15-7-4-8-20(15)17(22)14-9-16(21)19(12-14)11-13-5-2-1-3-6-13/h1-3,5-6,14-15H,4,7-12,18H2. The molecule has 0 saturated carbocycles. The van der Waals surface area contributed by atoms with Gasteiger partial charge in [0.15, 0.2) is 0 Å². The van der Waals surface area contributed by atoms with E-state index in [2.05, 4.69) is 0 Å². The van der Waals surface area contributed by atoms with Gasteiger partial charge in [-0.1, -0.05) is 30.3 Å². The number of amides is 2. The average Bonchev–Trinajstić information content (AvgIpc) is 3.15. The van der Waals surface area contributed by atoms with E-state index >= 15 is 0 Å². The van der Waals surface area contributed by atoms with Crippen LogP contribution >= 0.6 is 0 Å². The maximum Gasteiger partial charge on any atom is 0.228 e. The van der Waals surface area contributed by atoms with E-state index < -0.39 is 0 Å². The first-order valence-electron chi connectivity index (χ1n) is 8.01. The zero-order chi connectivity index (χ0) is 15.5. The van der Waals surface area contributed by atoms with Crippen LogP contribution in [0.1, 0.15) is 24.8 Å². The van der Waals surface area contributed by atoms with Gasteiger partial charge in [-0.05, 0) is 18.4 Å². The summed E-state index contributed by atoms with van der Waals surface area (Å²) in [6.45, 7) is 2.41. The molecule has 0 radical (unpaired) electrons. The largest absolute Gasteiger partial charge is 0.338 e. The minimum absolute atomic E-state index is 0.0747. The number of carbonyl (C=O) groups excluding carboxylic acids is 2. The summed E-state index contributed by atoms with van der Waals surface area (Å²) in [5.41, 5.74) is 6.85. The fourth-order valence-corrected chi connectivity index (χ4v) is 3.50. The second-order valence-corrected chi connectivity index (χ2v) is 6.22. The number of carbonyl (C=O) groups is 2. The second kappa shape index (κ2) is 6.48. The highest BCUT2D eigenvalue weighted by molar-refractivity contribution is 5.89. The predicted octanol–water partition coefficient (Wildman–Crippen LogP) is 0.985. The zero-order valence-electron chi connectivity index (χ0n) is 12.8. The number of rotatable bonds is 4.